The maximum Gasteiger partial charge on any atom is 0.251 e. The normalized spacial score (nSPS) is 22.3. The summed E-state index contributed by atoms with van der Waals surface area (Å²) in [6, 6.07) is 7.26. The number of aromatic nitrogens is 2. The molecule has 8 nitrogen and oxygen atoms in total. The van der Waals surface area contributed by atoms with Crippen LogP contribution >= 0.6 is 0 Å². The van der Waals surface area contributed by atoms with Crippen LogP contribution in [0.1, 0.15) is 23.7 Å². The van der Waals surface area contributed by atoms with E-state index in [-0.39, 0.29) is 18.1 Å². The van der Waals surface area contributed by atoms with E-state index in [1.54, 1.807) is 12.4 Å². The van der Waals surface area contributed by atoms with Gasteiger partial charge in [-0.05, 0) is 31.2 Å². The van der Waals surface area contributed by atoms with Crippen LogP contribution in [-0.4, -0.2) is 53.7 Å². The third-order valence-corrected chi connectivity index (χ3v) is 4.51. The van der Waals surface area contributed by atoms with E-state index < -0.39 is 0 Å². The van der Waals surface area contributed by atoms with Gasteiger partial charge in [-0.2, -0.15) is 10.2 Å². The summed E-state index contributed by atoms with van der Waals surface area (Å²) in [7, 11) is 0. The number of hydrazone groups is 1. The highest BCUT2D eigenvalue weighted by Crippen LogP contribution is 2.20. The van der Waals surface area contributed by atoms with Crippen LogP contribution in [0.5, 0.6) is 5.75 Å². The van der Waals surface area contributed by atoms with Gasteiger partial charge in [-0.1, -0.05) is 0 Å². The summed E-state index contributed by atoms with van der Waals surface area (Å²) in [5.74, 6) is 0.486. The fourth-order valence-corrected chi connectivity index (χ4v) is 3.06. The highest BCUT2D eigenvalue weighted by molar-refractivity contribution is 5.95. The summed E-state index contributed by atoms with van der Waals surface area (Å²) < 4.78 is 11.3. The molecule has 2 aromatic rings. The van der Waals surface area contributed by atoms with Crippen molar-refractivity contribution in [1.29, 1.82) is 0 Å². The number of hydrogen-bond donors (Lipinski definition) is 2. The molecular formula is C18H21N5O3. The second-order valence-corrected chi connectivity index (χ2v) is 6.46. The average molecular weight is 355 g/mol. The Kier molecular flexibility index (Phi) is 4.57. The number of benzene rings is 1. The number of nitrogens with zero attached hydrogens (tertiary/aromatic N) is 3. The lowest BCUT2D eigenvalue weighted by Crippen LogP contribution is -2.45. The van der Waals surface area contributed by atoms with Gasteiger partial charge in [-0.3, -0.25) is 14.9 Å². The number of rotatable bonds is 5. The van der Waals surface area contributed by atoms with E-state index in [0.717, 1.165) is 24.4 Å². The zero-order valence-electron chi connectivity index (χ0n) is 14.5. The molecule has 1 aromatic heterocycles. The molecule has 0 spiro atoms. The number of nitrogens with one attached hydrogen (secondary N) is 2. The molecule has 2 N–H and O–H groups in total. The van der Waals surface area contributed by atoms with Crippen molar-refractivity contribution in [3.63, 3.8) is 0 Å². The molecule has 3 heterocycles. The van der Waals surface area contributed by atoms with Gasteiger partial charge in [0, 0.05) is 24.2 Å². The van der Waals surface area contributed by atoms with E-state index in [4.69, 9.17) is 9.47 Å². The fourth-order valence-electron chi connectivity index (χ4n) is 3.06. The molecule has 0 aliphatic carbocycles. The van der Waals surface area contributed by atoms with Gasteiger partial charge in [0.15, 0.2) is 5.75 Å². The first-order valence-electron chi connectivity index (χ1n) is 8.65. The molecule has 4 rings (SSSR count). The average Bonchev–Trinajstić information content (AvgIpc) is 3.39. The van der Waals surface area contributed by atoms with E-state index in [0.29, 0.717) is 24.5 Å². The number of carbonyl (C=O) groups excluding carboxylic acids is 1. The molecule has 0 saturated carbocycles. The molecule has 0 radical (unpaired) electrons. The Hall–Kier alpha value is -2.87. The standard InChI is InChI=1S/C18H21N5O3/c1-12-6-7-23(22-12)14-4-2-13(3-5-14)18(24)21-16-10-25-11-17(16)26-15-8-19-20-9-15/h2-5,8-9,16-17H,6-7,10-11H2,1H3,(H,19,20)(H,21,24)/t16-,17+/m0/s1. The predicted molar refractivity (Wildman–Crippen MR) is 96.6 cm³/mol. The van der Waals surface area contributed by atoms with E-state index >= 15 is 0 Å². The number of ether oxygens (including phenoxy) is 2. The molecule has 2 aliphatic rings. The minimum absolute atomic E-state index is 0.144. The third kappa shape index (κ3) is 3.55. The summed E-state index contributed by atoms with van der Waals surface area (Å²) in [6.45, 7) is 3.76. The molecule has 2 atom stereocenters. The Morgan fingerprint density at radius 2 is 2.19 bits per heavy atom. The highest BCUT2D eigenvalue weighted by atomic mass is 16.5. The van der Waals surface area contributed by atoms with Gasteiger partial charge >= 0.3 is 0 Å². The number of anilines is 1. The van der Waals surface area contributed by atoms with E-state index in [9.17, 15) is 4.79 Å². The lowest BCUT2D eigenvalue weighted by atomic mass is 10.1. The van der Waals surface area contributed by atoms with Crippen LogP contribution in [0.15, 0.2) is 41.8 Å². The summed E-state index contributed by atoms with van der Waals surface area (Å²) >= 11 is 0. The molecule has 2 aliphatic heterocycles. The number of amides is 1. The lowest BCUT2D eigenvalue weighted by molar-refractivity contribution is 0.0904. The van der Waals surface area contributed by atoms with Crippen LogP contribution in [0.2, 0.25) is 0 Å². The largest absolute Gasteiger partial charge is 0.482 e. The Bertz CT molecular complexity index is 788. The van der Waals surface area contributed by atoms with Gasteiger partial charge in [0.2, 0.25) is 0 Å². The first-order valence-corrected chi connectivity index (χ1v) is 8.65. The summed E-state index contributed by atoms with van der Waals surface area (Å²) in [5, 5.41) is 16.0. The van der Waals surface area contributed by atoms with Crippen molar-refractivity contribution < 1.29 is 14.3 Å². The van der Waals surface area contributed by atoms with Crippen LogP contribution in [0.3, 0.4) is 0 Å². The van der Waals surface area contributed by atoms with Crippen molar-refractivity contribution in [2.45, 2.75) is 25.5 Å². The predicted octanol–water partition coefficient (Wildman–Crippen LogP) is 1.57. The summed E-state index contributed by atoms with van der Waals surface area (Å²) in [5.41, 5.74) is 2.71. The van der Waals surface area contributed by atoms with Crippen LogP contribution < -0.4 is 15.1 Å². The second-order valence-electron chi connectivity index (χ2n) is 6.46. The second kappa shape index (κ2) is 7.17. The monoisotopic (exact) mass is 355 g/mol. The van der Waals surface area contributed by atoms with Crippen LogP contribution in [0.25, 0.3) is 0 Å². The van der Waals surface area contributed by atoms with Gasteiger partial charge in [-0.25, -0.2) is 0 Å². The van der Waals surface area contributed by atoms with Crippen molar-refractivity contribution in [1.82, 2.24) is 15.5 Å². The van der Waals surface area contributed by atoms with Crippen molar-refractivity contribution in [2.75, 3.05) is 24.8 Å². The van der Waals surface area contributed by atoms with Crippen LogP contribution in [0, 0.1) is 0 Å². The van der Waals surface area contributed by atoms with Crippen molar-refractivity contribution >= 4 is 17.3 Å². The van der Waals surface area contributed by atoms with Crippen molar-refractivity contribution in [3.05, 3.63) is 42.2 Å². The molecule has 0 bridgehead atoms. The van der Waals surface area contributed by atoms with Gasteiger partial charge in [0.1, 0.15) is 6.10 Å². The van der Waals surface area contributed by atoms with Crippen LogP contribution in [-0.2, 0) is 4.74 Å². The number of carbonyl (C=O) groups is 1. The molecule has 1 amide bonds. The lowest BCUT2D eigenvalue weighted by Gasteiger charge is -2.20. The quantitative estimate of drug-likeness (QED) is 0.849. The van der Waals surface area contributed by atoms with E-state index in [2.05, 4.69) is 20.6 Å². The zero-order chi connectivity index (χ0) is 17.9. The van der Waals surface area contributed by atoms with Gasteiger partial charge in [0.05, 0.1) is 37.3 Å². The Balaban J connectivity index is 1.38. The van der Waals surface area contributed by atoms with Crippen molar-refractivity contribution in [2.24, 2.45) is 5.10 Å². The minimum Gasteiger partial charge on any atom is -0.482 e. The SMILES string of the molecule is CC1=NN(c2ccc(C(=O)N[C@H]3COC[C@H]3Oc3cn[nH]c3)cc2)CC1. The van der Waals surface area contributed by atoms with Gasteiger partial charge in [0.25, 0.3) is 5.91 Å². The number of aromatic amines is 1. The molecular weight excluding hydrogens is 334 g/mol. The Morgan fingerprint density at radius 3 is 2.88 bits per heavy atom. The molecule has 26 heavy (non-hydrogen) atoms. The highest BCUT2D eigenvalue weighted by Gasteiger charge is 2.32. The molecule has 136 valence electrons. The molecule has 8 heteroatoms. The zero-order valence-corrected chi connectivity index (χ0v) is 14.5. The summed E-state index contributed by atoms with van der Waals surface area (Å²) in [6.07, 6.45) is 4.00. The van der Waals surface area contributed by atoms with E-state index in [1.165, 1.54) is 0 Å². The number of hydrogen-bond acceptors (Lipinski definition) is 6. The maximum absolute atomic E-state index is 12.6. The topological polar surface area (TPSA) is 91.8 Å². The molecule has 1 saturated heterocycles. The molecule has 0 unspecified atom stereocenters. The fraction of sp³-hybridized carbons (Fsp3) is 0.389. The number of H-pyrrole nitrogens is 1. The van der Waals surface area contributed by atoms with E-state index in [1.807, 2.05) is 36.2 Å². The third-order valence-electron chi connectivity index (χ3n) is 4.51. The Labute approximate surface area is 151 Å². The van der Waals surface area contributed by atoms with Gasteiger partial charge in [-0.15, -0.1) is 0 Å². The summed E-state index contributed by atoms with van der Waals surface area (Å²) in [4.78, 5) is 12.6. The molecule has 1 fully saturated rings. The first kappa shape index (κ1) is 16.6. The maximum atomic E-state index is 12.6. The van der Waals surface area contributed by atoms with Crippen LogP contribution in [0.4, 0.5) is 5.69 Å². The molecule has 1 aromatic carbocycles. The first-order chi connectivity index (χ1) is 12.7. The smallest absolute Gasteiger partial charge is 0.251 e. The van der Waals surface area contributed by atoms with Gasteiger partial charge < -0.3 is 14.8 Å². The Morgan fingerprint density at radius 1 is 1.35 bits per heavy atom. The minimum atomic E-state index is -0.238. The van der Waals surface area contributed by atoms with Crippen molar-refractivity contribution in [3.8, 4) is 5.75 Å².